The number of aryl methyl sites for hydroxylation is 3. The smallest absolute Gasteiger partial charge is 0.245 e. The summed E-state index contributed by atoms with van der Waals surface area (Å²) in [4.78, 5) is 25.4. The SMILES string of the molecule is Cc1ccc(NC(=O)CN(C)C(=O)CCNS(=O)(=O)c2c(C)noc2C)cc1. The van der Waals surface area contributed by atoms with Gasteiger partial charge in [0.15, 0.2) is 5.76 Å². The molecule has 0 spiro atoms. The molecule has 0 aliphatic rings. The minimum absolute atomic E-state index is 0.0224. The molecule has 0 atom stereocenters. The van der Waals surface area contributed by atoms with Crippen molar-refractivity contribution in [1.29, 1.82) is 0 Å². The largest absolute Gasteiger partial charge is 0.360 e. The Morgan fingerprint density at radius 2 is 1.79 bits per heavy atom. The molecular formula is C18H24N4O5S. The van der Waals surface area contributed by atoms with Crippen LogP contribution in [0.5, 0.6) is 0 Å². The fraction of sp³-hybridized carbons (Fsp3) is 0.389. The third-order valence-corrected chi connectivity index (χ3v) is 5.71. The number of amides is 2. The van der Waals surface area contributed by atoms with Gasteiger partial charge in [-0.2, -0.15) is 0 Å². The van der Waals surface area contributed by atoms with Crippen LogP contribution in [0.25, 0.3) is 0 Å². The predicted molar refractivity (Wildman–Crippen MR) is 103 cm³/mol. The van der Waals surface area contributed by atoms with E-state index < -0.39 is 10.0 Å². The summed E-state index contributed by atoms with van der Waals surface area (Å²) in [6.45, 7) is 4.73. The molecule has 2 aromatic rings. The monoisotopic (exact) mass is 408 g/mol. The molecule has 9 nitrogen and oxygen atoms in total. The van der Waals surface area contributed by atoms with Gasteiger partial charge in [-0.3, -0.25) is 9.59 Å². The molecule has 1 aromatic heterocycles. The van der Waals surface area contributed by atoms with Crippen molar-refractivity contribution < 1.29 is 22.5 Å². The van der Waals surface area contributed by atoms with Gasteiger partial charge in [0.2, 0.25) is 21.8 Å². The second-order valence-electron chi connectivity index (χ2n) is 6.47. The van der Waals surface area contributed by atoms with Gasteiger partial charge in [-0.05, 0) is 32.9 Å². The molecule has 28 heavy (non-hydrogen) atoms. The van der Waals surface area contributed by atoms with Crippen LogP contribution in [0.15, 0.2) is 33.7 Å². The van der Waals surface area contributed by atoms with Crippen molar-refractivity contribution >= 4 is 27.5 Å². The molecule has 0 radical (unpaired) electrons. The number of carbonyl (C=O) groups excluding carboxylic acids is 2. The number of aromatic nitrogens is 1. The van der Waals surface area contributed by atoms with Crippen LogP contribution in [0.4, 0.5) is 5.69 Å². The predicted octanol–water partition coefficient (Wildman–Crippen LogP) is 1.37. The Morgan fingerprint density at radius 3 is 2.36 bits per heavy atom. The number of rotatable bonds is 8. The van der Waals surface area contributed by atoms with E-state index in [2.05, 4.69) is 15.2 Å². The van der Waals surface area contributed by atoms with E-state index in [1.54, 1.807) is 12.1 Å². The van der Waals surface area contributed by atoms with E-state index in [-0.39, 0.29) is 47.7 Å². The zero-order valence-electron chi connectivity index (χ0n) is 16.3. The molecule has 2 N–H and O–H groups in total. The van der Waals surface area contributed by atoms with Crippen molar-refractivity contribution in [3.63, 3.8) is 0 Å². The summed E-state index contributed by atoms with van der Waals surface area (Å²) in [5, 5.41) is 6.32. The van der Waals surface area contributed by atoms with Crippen molar-refractivity contribution in [3.05, 3.63) is 41.3 Å². The summed E-state index contributed by atoms with van der Waals surface area (Å²) in [5.41, 5.74) is 1.97. The summed E-state index contributed by atoms with van der Waals surface area (Å²) < 4.78 is 31.8. The highest BCUT2D eigenvalue weighted by Crippen LogP contribution is 2.18. The molecule has 1 aromatic carbocycles. The third kappa shape index (κ3) is 5.64. The topological polar surface area (TPSA) is 122 Å². The number of nitrogens with zero attached hydrogens (tertiary/aromatic N) is 2. The standard InChI is InChI=1S/C18H24N4O5S/c1-12-5-7-15(8-6-12)20-16(23)11-22(4)17(24)9-10-19-28(25,26)18-13(2)21-27-14(18)3/h5-8,19H,9-11H2,1-4H3,(H,20,23). The van der Waals surface area contributed by atoms with Gasteiger partial charge in [-0.1, -0.05) is 22.9 Å². The van der Waals surface area contributed by atoms with Gasteiger partial charge < -0.3 is 14.7 Å². The maximum atomic E-state index is 12.3. The number of carbonyl (C=O) groups is 2. The number of sulfonamides is 1. The maximum Gasteiger partial charge on any atom is 0.245 e. The highest BCUT2D eigenvalue weighted by atomic mass is 32.2. The van der Waals surface area contributed by atoms with E-state index in [1.807, 2.05) is 19.1 Å². The summed E-state index contributed by atoms with van der Waals surface area (Å²) in [7, 11) is -2.34. The van der Waals surface area contributed by atoms with Crippen molar-refractivity contribution in [2.75, 3.05) is 25.5 Å². The molecule has 10 heteroatoms. The molecule has 152 valence electrons. The van der Waals surface area contributed by atoms with E-state index in [1.165, 1.54) is 25.8 Å². The first-order valence-electron chi connectivity index (χ1n) is 8.63. The Bertz CT molecular complexity index is 931. The summed E-state index contributed by atoms with van der Waals surface area (Å²) in [6, 6.07) is 7.29. The van der Waals surface area contributed by atoms with Gasteiger partial charge in [0.05, 0.1) is 6.54 Å². The van der Waals surface area contributed by atoms with Crippen molar-refractivity contribution in [1.82, 2.24) is 14.8 Å². The van der Waals surface area contributed by atoms with Crippen LogP contribution < -0.4 is 10.0 Å². The zero-order valence-corrected chi connectivity index (χ0v) is 17.1. The average molecular weight is 408 g/mol. The number of hydrogen-bond acceptors (Lipinski definition) is 6. The minimum Gasteiger partial charge on any atom is -0.360 e. The molecular weight excluding hydrogens is 384 g/mol. The first kappa shape index (κ1) is 21.6. The first-order chi connectivity index (χ1) is 13.1. The third-order valence-electron chi connectivity index (χ3n) is 4.01. The van der Waals surface area contributed by atoms with Crippen molar-refractivity contribution in [3.8, 4) is 0 Å². The van der Waals surface area contributed by atoms with Gasteiger partial charge in [0.25, 0.3) is 0 Å². The van der Waals surface area contributed by atoms with E-state index >= 15 is 0 Å². The molecule has 0 fully saturated rings. The number of nitrogens with one attached hydrogen (secondary N) is 2. The lowest BCUT2D eigenvalue weighted by Gasteiger charge is -2.17. The van der Waals surface area contributed by atoms with Gasteiger partial charge in [0, 0.05) is 25.7 Å². The number of likely N-dealkylation sites (N-methyl/N-ethyl adjacent to an activating group) is 1. The first-order valence-corrected chi connectivity index (χ1v) is 10.1. The lowest BCUT2D eigenvalue weighted by molar-refractivity contribution is -0.133. The van der Waals surface area contributed by atoms with E-state index in [9.17, 15) is 18.0 Å². The van der Waals surface area contributed by atoms with E-state index in [4.69, 9.17) is 4.52 Å². The van der Waals surface area contributed by atoms with Crippen LogP contribution >= 0.6 is 0 Å². The van der Waals surface area contributed by atoms with Gasteiger partial charge in [0.1, 0.15) is 10.6 Å². The Hall–Kier alpha value is -2.72. The fourth-order valence-electron chi connectivity index (χ4n) is 2.55. The molecule has 0 saturated heterocycles. The Kier molecular flexibility index (Phi) is 6.92. The quantitative estimate of drug-likeness (QED) is 0.680. The number of anilines is 1. The molecule has 0 saturated carbocycles. The highest BCUT2D eigenvalue weighted by molar-refractivity contribution is 7.89. The van der Waals surface area contributed by atoms with Gasteiger partial charge in [-0.15, -0.1) is 0 Å². The lowest BCUT2D eigenvalue weighted by atomic mass is 10.2. The molecule has 2 amide bonds. The van der Waals surface area contributed by atoms with Gasteiger partial charge >= 0.3 is 0 Å². The molecule has 0 aliphatic heterocycles. The van der Waals surface area contributed by atoms with Crippen LogP contribution in [-0.4, -0.2) is 50.4 Å². The zero-order chi connectivity index (χ0) is 20.9. The normalized spacial score (nSPS) is 11.3. The van der Waals surface area contributed by atoms with Crippen LogP contribution in [-0.2, 0) is 19.6 Å². The Labute approximate surface area is 164 Å². The molecule has 2 rings (SSSR count). The minimum atomic E-state index is -3.82. The van der Waals surface area contributed by atoms with Crippen LogP contribution in [0, 0.1) is 20.8 Å². The fourth-order valence-corrected chi connectivity index (χ4v) is 3.91. The molecule has 0 bridgehead atoms. The van der Waals surface area contributed by atoms with Crippen LogP contribution in [0.1, 0.15) is 23.4 Å². The van der Waals surface area contributed by atoms with Crippen molar-refractivity contribution in [2.45, 2.75) is 32.1 Å². The Morgan fingerprint density at radius 1 is 1.14 bits per heavy atom. The second kappa shape index (κ2) is 8.98. The molecule has 1 heterocycles. The second-order valence-corrected chi connectivity index (χ2v) is 8.17. The van der Waals surface area contributed by atoms with E-state index in [0.29, 0.717) is 5.69 Å². The molecule has 0 unspecified atom stereocenters. The Balaban J connectivity index is 1.82. The summed E-state index contributed by atoms with van der Waals surface area (Å²) in [6.07, 6.45) is -0.0864. The van der Waals surface area contributed by atoms with Crippen LogP contribution in [0.3, 0.4) is 0 Å². The number of hydrogen-bond donors (Lipinski definition) is 2. The van der Waals surface area contributed by atoms with Crippen molar-refractivity contribution in [2.24, 2.45) is 0 Å². The van der Waals surface area contributed by atoms with E-state index in [0.717, 1.165) is 5.56 Å². The van der Waals surface area contributed by atoms with Gasteiger partial charge in [-0.25, -0.2) is 13.1 Å². The molecule has 0 aliphatic carbocycles. The highest BCUT2D eigenvalue weighted by Gasteiger charge is 2.24. The average Bonchev–Trinajstić information content (AvgIpc) is 2.95. The van der Waals surface area contributed by atoms with Crippen LogP contribution in [0.2, 0.25) is 0 Å². The summed E-state index contributed by atoms with van der Waals surface area (Å²) in [5.74, 6) is -0.516. The lowest BCUT2D eigenvalue weighted by Crippen LogP contribution is -2.37. The summed E-state index contributed by atoms with van der Waals surface area (Å²) >= 11 is 0. The number of benzene rings is 1. The maximum absolute atomic E-state index is 12.3.